The molecule has 0 saturated carbocycles. The Hall–Kier alpha value is -2.24. The molecule has 0 spiro atoms. The predicted molar refractivity (Wildman–Crippen MR) is 95.3 cm³/mol. The zero-order valence-corrected chi connectivity index (χ0v) is 15.0. The second-order valence-corrected chi connectivity index (χ2v) is 5.60. The highest BCUT2D eigenvalue weighted by atomic mass is 16.5. The van der Waals surface area contributed by atoms with E-state index in [0.29, 0.717) is 26.2 Å². The van der Waals surface area contributed by atoms with Crippen LogP contribution in [0.3, 0.4) is 0 Å². The Balaban J connectivity index is 2.16. The average Bonchev–Trinajstić information content (AvgIpc) is 2.63. The molecule has 0 N–H and O–H groups in total. The number of unbranched alkanes of at least 4 members (excludes halogenated alkanes) is 1. The summed E-state index contributed by atoms with van der Waals surface area (Å²) in [5.41, 5.74) is 9.72. The second kappa shape index (κ2) is 13.1. The molecule has 0 unspecified atom stereocenters. The van der Waals surface area contributed by atoms with E-state index in [4.69, 9.17) is 19.7 Å². The van der Waals surface area contributed by atoms with Gasteiger partial charge in [0.15, 0.2) is 0 Å². The minimum absolute atomic E-state index is 0.170. The van der Waals surface area contributed by atoms with Crippen molar-refractivity contribution < 1.29 is 19.0 Å². The van der Waals surface area contributed by atoms with Gasteiger partial charge in [-0.25, -0.2) is 0 Å². The predicted octanol–water partition coefficient (Wildman–Crippen LogP) is 4.40. The molecule has 0 saturated heterocycles. The van der Waals surface area contributed by atoms with Crippen molar-refractivity contribution >= 4 is 5.97 Å². The number of nitrogens with zero attached hydrogens (tertiary/aromatic N) is 3. The van der Waals surface area contributed by atoms with Gasteiger partial charge in [-0.3, -0.25) is 4.79 Å². The minimum Gasteiger partial charge on any atom is -0.497 e. The number of benzene rings is 1. The van der Waals surface area contributed by atoms with Crippen LogP contribution in [-0.4, -0.2) is 32.3 Å². The van der Waals surface area contributed by atoms with Gasteiger partial charge in [0, 0.05) is 24.0 Å². The number of azide groups is 1. The van der Waals surface area contributed by atoms with Crippen molar-refractivity contribution in [2.45, 2.75) is 51.7 Å². The molecule has 7 nitrogen and oxygen atoms in total. The van der Waals surface area contributed by atoms with E-state index in [1.807, 2.05) is 24.3 Å². The van der Waals surface area contributed by atoms with E-state index in [1.165, 1.54) is 0 Å². The smallest absolute Gasteiger partial charge is 0.305 e. The first-order valence-corrected chi connectivity index (χ1v) is 8.60. The van der Waals surface area contributed by atoms with Crippen molar-refractivity contribution in [3.05, 3.63) is 40.3 Å². The quantitative estimate of drug-likeness (QED) is 0.173. The van der Waals surface area contributed by atoms with Gasteiger partial charge in [-0.2, -0.15) is 0 Å². The molecular weight excluding hydrogens is 322 g/mol. The molecule has 0 bridgehead atoms. The fraction of sp³-hybridized carbons (Fsp3) is 0.611. The molecule has 0 aliphatic heterocycles. The fourth-order valence-electron chi connectivity index (χ4n) is 2.35. The third-order valence-electron chi connectivity index (χ3n) is 3.71. The topological polar surface area (TPSA) is 93.5 Å². The maximum absolute atomic E-state index is 11.4. The molecule has 138 valence electrons. The SMILES string of the molecule is CCOC(=O)CC[C@H](CCCCOCc1ccc(OC)cc1)N=[N+]=[N-]. The molecule has 25 heavy (non-hydrogen) atoms. The van der Waals surface area contributed by atoms with Crippen molar-refractivity contribution in [2.24, 2.45) is 5.11 Å². The average molecular weight is 349 g/mol. The van der Waals surface area contributed by atoms with Gasteiger partial charge in [-0.1, -0.05) is 23.7 Å². The second-order valence-electron chi connectivity index (χ2n) is 5.60. The lowest BCUT2D eigenvalue weighted by atomic mass is 10.1. The van der Waals surface area contributed by atoms with Crippen LogP contribution in [0.25, 0.3) is 10.4 Å². The Kier molecular flexibility index (Phi) is 10.9. The summed E-state index contributed by atoms with van der Waals surface area (Å²) in [4.78, 5) is 14.2. The summed E-state index contributed by atoms with van der Waals surface area (Å²) in [5.74, 6) is 0.583. The van der Waals surface area contributed by atoms with E-state index < -0.39 is 0 Å². The molecule has 7 heteroatoms. The summed E-state index contributed by atoms with van der Waals surface area (Å²) in [5, 5.41) is 3.76. The van der Waals surface area contributed by atoms with E-state index in [0.717, 1.165) is 30.6 Å². The number of ether oxygens (including phenoxy) is 3. The summed E-state index contributed by atoms with van der Waals surface area (Å²) in [7, 11) is 1.64. The van der Waals surface area contributed by atoms with Crippen molar-refractivity contribution in [1.29, 1.82) is 0 Å². The maximum Gasteiger partial charge on any atom is 0.305 e. The molecule has 0 aliphatic rings. The number of hydrogen-bond donors (Lipinski definition) is 0. The van der Waals surface area contributed by atoms with E-state index in [2.05, 4.69) is 10.0 Å². The van der Waals surface area contributed by atoms with E-state index in [-0.39, 0.29) is 18.4 Å². The highest BCUT2D eigenvalue weighted by Gasteiger charge is 2.10. The molecule has 0 amide bonds. The normalized spacial score (nSPS) is 11.4. The van der Waals surface area contributed by atoms with Crippen LogP contribution in [0, 0.1) is 0 Å². The number of carbonyl (C=O) groups excluding carboxylic acids is 1. The molecule has 0 fully saturated rings. The van der Waals surface area contributed by atoms with Crippen LogP contribution in [0.4, 0.5) is 0 Å². The van der Waals surface area contributed by atoms with Gasteiger partial charge in [0.05, 0.1) is 20.3 Å². The molecule has 1 aromatic carbocycles. The first-order chi connectivity index (χ1) is 12.2. The molecule has 1 rings (SSSR count). The van der Waals surface area contributed by atoms with Gasteiger partial charge < -0.3 is 14.2 Å². The maximum atomic E-state index is 11.4. The highest BCUT2D eigenvalue weighted by Crippen LogP contribution is 2.14. The standard InChI is InChI=1S/C18H27N3O4/c1-3-25-18(22)12-9-16(20-21-19)6-4-5-13-24-14-15-7-10-17(23-2)11-8-15/h7-8,10-11,16H,3-6,9,12-14H2,1-2H3/t16-/m0/s1. The molecule has 0 heterocycles. The van der Waals surface area contributed by atoms with Crippen LogP contribution in [0.5, 0.6) is 5.75 Å². The van der Waals surface area contributed by atoms with E-state index in [1.54, 1.807) is 14.0 Å². The molecule has 1 atom stereocenters. The van der Waals surface area contributed by atoms with Gasteiger partial charge >= 0.3 is 5.97 Å². The molecule has 1 aromatic rings. The van der Waals surface area contributed by atoms with Gasteiger partial charge in [0.1, 0.15) is 5.75 Å². The number of rotatable bonds is 13. The van der Waals surface area contributed by atoms with Crippen LogP contribution >= 0.6 is 0 Å². The van der Waals surface area contributed by atoms with Crippen molar-refractivity contribution in [3.8, 4) is 5.75 Å². The molecular formula is C18H27N3O4. The van der Waals surface area contributed by atoms with Crippen LogP contribution in [0.15, 0.2) is 29.4 Å². The lowest BCUT2D eigenvalue weighted by Gasteiger charge is -2.10. The number of carbonyl (C=O) groups is 1. The third-order valence-corrected chi connectivity index (χ3v) is 3.71. The first kappa shape index (κ1) is 20.8. The molecule has 0 radical (unpaired) electrons. The lowest BCUT2D eigenvalue weighted by molar-refractivity contribution is -0.143. The Morgan fingerprint density at radius 1 is 1.24 bits per heavy atom. The number of hydrogen-bond acceptors (Lipinski definition) is 5. The third kappa shape index (κ3) is 9.59. The zero-order valence-electron chi connectivity index (χ0n) is 15.0. The van der Waals surface area contributed by atoms with Crippen LogP contribution < -0.4 is 4.74 Å². The van der Waals surface area contributed by atoms with Crippen molar-refractivity contribution in [2.75, 3.05) is 20.3 Å². The summed E-state index contributed by atoms with van der Waals surface area (Å²) in [6, 6.07) is 7.60. The Morgan fingerprint density at radius 3 is 2.64 bits per heavy atom. The van der Waals surface area contributed by atoms with Crippen LogP contribution in [-0.2, 0) is 20.9 Å². The van der Waals surface area contributed by atoms with Gasteiger partial charge in [-0.15, -0.1) is 0 Å². The monoisotopic (exact) mass is 349 g/mol. The number of esters is 1. The Bertz CT molecular complexity index is 542. The largest absolute Gasteiger partial charge is 0.497 e. The molecule has 0 aliphatic carbocycles. The minimum atomic E-state index is -0.247. The Morgan fingerprint density at radius 2 is 2.00 bits per heavy atom. The first-order valence-electron chi connectivity index (χ1n) is 8.60. The van der Waals surface area contributed by atoms with Crippen molar-refractivity contribution in [1.82, 2.24) is 0 Å². The van der Waals surface area contributed by atoms with Gasteiger partial charge in [-0.05, 0) is 49.4 Å². The van der Waals surface area contributed by atoms with E-state index >= 15 is 0 Å². The summed E-state index contributed by atoms with van der Waals surface area (Å²) in [6.07, 6.45) is 3.32. The van der Waals surface area contributed by atoms with Crippen LogP contribution in [0.2, 0.25) is 0 Å². The van der Waals surface area contributed by atoms with E-state index in [9.17, 15) is 4.79 Å². The fourth-order valence-corrected chi connectivity index (χ4v) is 2.35. The van der Waals surface area contributed by atoms with Gasteiger partial charge in [0.25, 0.3) is 0 Å². The zero-order chi connectivity index (χ0) is 18.3. The summed E-state index contributed by atoms with van der Waals surface area (Å²) in [6.45, 7) is 3.35. The van der Waals surface area contributed by atoms with Crippen LogP contribution in [0.1, 0.15) is 44.6 Å². The number of methoxy groups -OCH3 is 1. The van der Waals surface area contributed by atoms with Crippen molar-refractivity contribution in [3.63, 3.8) is 0 Å². The summed E-state index contributed by atoms with van der Waals surface area (Å²) >= 11 is 0. The summed E-state index contributed by atoms with van der Waals surface area (Å²) < 4.78 is 15.6. The Labute approximate surface area is 148 Å². The highest BCUT2D eigenvalue weighted by molar-refractivity contribution is 5.69. The lowest BCUT2D eigenvalue weighted by Crippen LogP contribution is -2.10. The van der Waals surface area contributed by atoms with Gasteiger partial charge in [0.2, 0.25) is 0 Å². The molecule has 0 aromatic heterocycles.